The van der Waals surface area contributed by atoms with E-state index in [0.717, 1.165) is 29.6 Å². The second kappa shape index (κ2) is 11.0. The van der Waals surface area contributed by atoms with Crippen molar-refractivity contribution in [3.63, 3.8) is 0 Å². The lowest BCUT2D eigenvalue weighted by atomic mass is 9.95. The van der Waals surface area contributed by atoms with Crippen molar-refractivity contribution in [1.29, 1.82) is 0 Å². The summed E-state index contributed by atoms with van der Waals surface area (Å²) in [6.07, 6.45) is 2.86. The highest BCUT2D eigenvalue weighted by Crippen LogP contribution is 2.50. The van der Waals surface area contributed by atoms with E-state index in [1.807, 2.05) is 36.1 Å². The third-order valence-corrected chi connectivity index (χ3v) is 10.7. The fourth-order valence-electron chi connectivity index (χ4n) is 7.37. The molecule has 3 aliphatic heterocycles. The lowest BCUT2D eigenvalue weighted by molar-refractivity contribution is 0.107. The summed E-state index contributed by atoms with van der Waals surface area (Å²) in [5.74, 6) is 0.364. The van der Waals surface area contributed by atoms with E-state index in [-0.39, 0.29) is 47.1 Å². The molecule has 2 saturated heterocycles. The molecule has 3 aromatic heterocycles. The van der Waals surface area contributed by atoms with Gasteiger partial charge < -0.3 is 25.8 Å². The Bertz CT molecular complexity index is 2010. The maximum Gasteiger partial charge on any atom is 0.319 e. The summed E-state index contributed by atoms with van der Waals surface area (Å²) in [5, 5.41) is 0.760. The van der Waals surface area contributed by atoms with Crippen molar-refractivity contribution in [3.05, 3.63) is 52.9 Å². The van der Waals surface area contributed by atoms with Crippen molar-refractivity contribution in [2.24, 2.45) is 0 Å². The molecule has 0 bridgehead atoms. The summed E-state index contributed by atoms with van der Waals surface area (Å²) in [6.45, 7) is 3.96. The summed E-state index contributed by atoms with van der Waals surface area (Å²) in [4.78, 5) is 22.4. The van der Waals surface area contributed by atoms with Crippen molar-refractivity contribution in [1.82, 2.24) is 24.8 Å². The van der Waals surface area contributed by atoms with Gasteiger partial charge in [0.05, 0.1) is 38.8 Å². The monoisotopic (exact) mass is 664 g/mol. The topological polar surface area (TPSA) is 129 Å². The zero-order valence-electron chi connectivity index (χ0n) is 25.0. The Kier molecular flexibility index (Phi) is 7.03. The summed E-state index contributed by atoms with van der Waals surface area (Å²) < 4.78 is 45.0. The van der Waals surface area contributed by atoms with E-state index >= 15 is 4.39 Å². The number of aromatic nitrogens is 4. The molecule has 10 nitrogen and oxygen atoms in total. The first-order chi connectivity index (χ1) is 22.2. The van der Waals surface area contributed by atoms with E-state index in [2.05, 4.69) is 19.9 Å². The van der Waals surface area contributed by atoms with E-state index < -0.39 is 17.5 Å². The van der Waals surface area contributed by atoms with Gasteiger partial charge in [-0.15, -0.1) is 0 Å². The number of benzene rings is 2. The van der Waals surface area contributed by atoms with Crippen LogP contribution in [0.4, 0.5) is 25.5 Å². The lowest BCUT2D eigenvalue weighted by Gasteiger charge is -2.32. The molecule has 0 amide bonds. The lowest BCUT2D eigenvalue weighted by Crippen LogP contribution is -2.43. The van der Waals surface area contributed by atoms with Crippen LogP contribution >= 0.6 is 22.9 Å². The molecule has 0 radical (unpaired) electrons. The molecule has 238 valence electrons. The minimum Gasteiger partial charge on any atom is -0.489 e. The van der Waals surface area contributed by atoms with Gasteiger partial charge in [0.1, 0.15) is 36.5 Å². The van der Waals surface area contributed by atoms with E-state index in [1.54, 1.807) is 12.3 Å². The molecule has 0 unspecified atom stereocenters. The minimum atomic E-state index is -0.920. The Morgan fingerprint density at radius 1 is 1.17 bits per heavy atom. The highest BCUT2D eigenvalue weighted by molar-refractivity contribution is 7.22. The van der Waals surface area contributed by atoms with Crippen LogP contribution in [0.3, 0.4) is 0 Å². The number of nitrogen functional groups attached to an aromatic ring is 2. The van der Waals surface area contributed by atoms with Gasteiger partial charge in [-0.3, -0.25) is 4.90 Å². The molecule has 0 aliphatic carbocycles. The summed E-state index contributed by atoms with van der Waals surface area (Å²) in [6, 6.07) is 8.80. The molecule has 46 heavy (non-hydrogen) atoms. The van der Waals surface area contributed by atoms with E-state index in [4.69, 9.17) is 37.5 Å². The molecular formula is C32H31ClF2N8O2S. The van der Waals surface area contributed by atoms with Gasteiger partial charge in [0.15, 0.2) is 16.7 Å². The maximum absolute atomic E-state index is 17.1. The number of rotatable bonds is 6. The van der Waals surface area contributed by atoms with Crippen LogP contribution in [0.2, 0.25) is 5.02 Å². The number of ether oxygens (including phenoxy) is 2. The first-order valence-corrected chi connectivity index (χ1v) is 16.4. The van der Waals surface area contributed by atoms with Crippen molar-refractivity contribution < 1.29 is 18.3 Å². The number of alkyl halides is 1. The smallest absolute Gasteiger partial charge is 0.319 e. The standard InChI is InChI=1S/C32H31ClF2N8O2S/c1-16(18-6-3-9-38-28(18)36)43-11-12-44-27-22-26(24(35)21(23(27)33)19-5-2-7-20-25(19)39-30(37)46-20)40-31(41-29(22)43)45-15-32-8-4-10-42(32)14-17(34)13-32/h2-3,5-7,9,16-17H,4,8,10-15H2,1H3,(H2,36,38)(H2,37,39)/t16-,17-,32+/m1/s1. The average Bonchev–Trinajstić information content (AvgIpc) is 3.65. The minimum absolute atomic E-state index is 0.0107. The highest BCUT2D eigenvalue weighted by atomic mass is 35.5. The molecule has 3 atom stereocenters. The molecule has 6 heterocycles. The molecule has 0 saturated carbocycles. The van der Waals surface area contributed by atoms with Gasteiger partial charge in [0.2, 0.25) is 0 Å². The number of thiazole rings is 1. The van der Waals surface area contributed by atoms with Crippen molar-refractivity contribution in [2.45, 2.75) is 43.9 Å². The van der Waals surface area contributed by atoms with Gasteiger partial charge >= 0.3 is 6.01 Å². The van der Waals surface area contributed by atoms with Gasteiger partial charge in [-0.25, -0.2) is 18.7 Å². The van der Waals surface area contributed by atoms with Crippen LogP contribution < -0.4 is 25.8 Å². The third-order valence-electron chi connectivity index (χ3n) is 9.52. The molecule has 8 rings (SSSR count). The van der Waals surface area contributed by atoms with Gasteiger partial charge in [0.25, 0.3) is 0 Å². The summed E-state index contributed by atoms with van der Waals surface area (Å²) in [5.41, 5.74) is 13.7. The highest BCUT2D eigenvalue weighted by Gasteiger charge is 2.49. The van der Waals surface area contributed by atoms with Gasteiger partial charge in [-0.1, -0.05) is 41.1 Å². The number of fused-ring (bicyclic) bond motifs is 2. The Labute approximate surface area is 272 Å². The van der Waals surface area contributed by atoms with Crippen LogP contribution in [-0.2, 0) is 0 Å². The predicted octanol–water partition coefficient (Wildman–Crippen LogP) is 6.17. The molecular weight excluding hydrogens is 634 g/mol. The Morgan fingerprint density at radius 2 is 2.04 bits per heavy atom. The number of halogens is 3. The molecule has 14 heteroatoms. The van der Waals surface area contributed by atoms with Crippen LogP contribution in [0.25, 0.3) is 32.2 Å². The van der Waals surface area contributed by atoms with Crippen molar-refractivity contribution in [3.8, 4) is 22.9 Å². The van der Waals surface area contributed by atoms with Crippen LogP contribution in [0.5, 0.6) is 11.8 Å². The largest absolute Gasteiger partial charge is 0.489 e. The number of hydrogen-bond donors (Lipinski definition) is 2. The number of pyridine rings is 1. The second-order valence-corrected chi connectivity index (χ2v) is 13.6. The van der Waals surface area contributed by atoms with Crippen LogP contribution in [0.15, 0.2) is 36.5 Å². The molecule has 2 fully saturated rings. The predicted molar refractivity (Wildman–Crippen MR) is 176 cm³/mol. The zero-order valence-corrected chi connectivity index (χ0v) is 26.5. The Hall–Kier alpha value is -4.07. The molecule has 5 aromatic rings. The van der Waals surface area contributed by atoms with Gasteiger partial charge in [-0.05, 0) is 38.4 Å². The van der Waals surface area contributed by atoms with Gasteiger partial charge in [0, 0.05) is 35.9 Å². The van der Waals surface area contributed by atoms with Crippen LogP contribution in [0.1, 0.15) is 37.8 Å². The zero-order chi connectivity index (χ0) is 31.7. The first kappa shape index (κ1) is 29.3. The number of nitrogens with zero attached hydrogens (tertiary/aromatic N) is 6. The van der Waals surface area contributed by atoms with E-state index in [0.29, 0.717) is 52.7 Å². The Balaban J connectivity index is 1.33. The number of para-hydroxylation sites is 1. The number of hydrogen-bond acceptors (Lipinski definition) is 11. The van der Waals surface area contributed by atoms with E-state index in [9.17, 15) is 4.39 Å². The number of nitrogens with two attached hydrogens (primary N) is 2. The third kappa shape index (κ3) is 4.58. The SMILES string of the molecule is C[C@H](c1cccnc1N)N1CCOc2c(Cl)c(-c3cccc4sc(N)nc34)c(F)c3nc(OC[C@@]45CCCN4C[C@H](F)C5)nc1c23. The quantitative estimate of drug-likeness (QED) is 0.217. The van der Waals surface area contributed by atoms with E-state index in [1.165, 1.54) is 11.3 Å². The van der Waals surface area contributed by atoms with Crippen LogP contribution in [-0.4, -0.2) is 69.4 Å². The fourth-order valence-corrected chi connectivity index (χ4v) is 8.47. The molecule has 0 spiro atoms. The first-order valence-electron chi connectivity index (χ1n) is 15.2. The van der Waals surface area contributed by atoms with Gasteiger partial charge in [-0.2, -0.15) is 9.97 Å². The van der Waals surface area contributed by atoms with Crippen LogP contribution in [0, 0.1) is 5.82 Å². The molecule has 3 aliphatic rings. The Morgan fingerprint density at radius 3 is 2.89 bits per heavy atom. The second-order valence-electron chi connectivity index (χ2n) is 12.1. The number of anilines is 3. The fraction of sp³-hybridized carbons (Fsp3) is 0.375. The normalized spacial score (nSPS) is 21.8. The van der Waals surface area contributed by atoms with Crippen molar-refractivity contribution >= 4 is 60.8 Å². The summed E-state index contributed by atoms with van der Waals surface area (Å²) in [7, 11) is 0. The summed E-state index contributed by atoms with van der Waals surface area (Å²) >= 11 is 8.35. The molecule has 2 aromatic carbocycles. The van der Waals surface area contributed by atoms with Crippen molar-refractivity contribution in [2.75, 3.05) is 49.2 Å². The molecule has 4 N–H and O–H groups in total. The average molecular weight is 665 g/mol. The maximum atomic E-state index is 17.1.